The van der Waals surface area contributed by atoms with Crippen LogP contribution in [0.3, 0.4) is 0 Å². The molecule has 4 N–H and O–H groups in total. The molecule has 0 unspecified atom stereocenters. The van der Waals surface area contributed by atoms with Crippen molar-refractivity contribution in [2.24, 2.45) is 5.73 Å². The van der Waals surface area contributed by atoms with Crippen LogP contribution < -0.4 is 15.2 Å². The van der Waals surface area contributed by atoms with Gasteiger partial charge in [0.25, 0.3) is 0 Å². The van der Waals surface area contributed by atoms with Crippen LogP contribution in [0.25, 0.3) is 0 Å². The summed E-state index contributed by atoms with van der Waals surface area (Å²) < 4.78 is 48.9. The number of unbranched alkanes of at least 4 members (excludes halogenated alkanes) is 1. The van der Waals surface area contributed by atoms with E-state index >= 15 is 0 Å². The minimum absolute atomic E-state index is 0.0240. The van der Waals surface area contributed by atoms with Crippen LogP contribution in [0.2, 0.25) is 0 Å². The molecule has 0 fully saturated rings. The fourth-order valence-electron chi connectivity index (χ4n) is 0.942. The van der Waals surface area contributed by atoms with Gasteiger partial charge in [-0.15, -0.1) is 0 Å². The highest BCUT2D eigenvalue weighted by molar-refractivity contribution is 7.90. The van der Waals surface area contributed by atoms with E-state index in [1.807, 2.05) is 0 Å². The Balaban J connectivity index is 3.92. The number of nitrogens with two attached hydrogens (primary N) is 1. The monoisotopic (exact) mass is 273 g/mol. The van der Waals surface area contributed by atoms with Crippen LogP contribution in [0.5, 0.6) is 0 Å². The lowest BCUT2D eigenvalue weighted by Gasteiger charge is -2.06. The SMILES string of the molecule is CNS(=O)(=O)CCNS(=O)(=O)CCCCN. The molecule has 0 atom stereocenters. The molecule has 0 bridgehead atoms. The summed E-state index contributed by atoms with van der Waals surface area (Å²) in [5.41, 5.74) is 5.23. The van der Waals surface area contributed by atoms with Crippen molar-refractivity contribution < 1.29 is 16.8 Å². The second kappa shape index (κ2) is 7.17. The predicted molar refractivity (Wildman–Crippen MR) is 62.9 cm³/mol. The first-order valence-electron chi connectivity index (χ1n) is 4.91. The van der Waals surface area contributed by atoms with Crippen LogP contribution in [-0.4, -0.2) is 48.5 Å². The zero-order valence-electron chi connectivity index (χ0n) is 9.27. The molecule has 0 aliphatic heterocycles. The molecular formula is C7H19N3O4S2. The van der Waals surface area contributed by atoms with E-state index in [9.17, 15) is 16.8 Å². The predicted octanol–water partition coefficient (Wildman–Crippen LogP) is -1.81. The van der Waals surface area contributed by atoms with Crippen LogP contribution in [0.15, 0.2) is 0 Å². The van der Waals surface area contributed by atoms with Crippen LogP contribution in [-0.2, 0) is 20.0 Å². The van der Waals surface area contributed by atoms with Gasteiger partial charge in [-0.25, -0.2) is 26.3 Å². The Kier molecular flexibility index (Phi) is 7.07. The average Bonchev–Trinajstić information content (AvgIpc) is 2.17. The van der Waals surface area contributed by atoms with E-state index in [0.29, 0.717) is 19.4 Å². The summed E-state index contributed by atoms with van der Waals surface area (Å²) in [5, 5.41) is 0. The molecule has 0 aliphatic carbocycles. The van der Waals surface area contributed by atoms with E-state index < -0.39 is 20.0 Å². The molecule has 0 saturated carbocycles. The molecule has 9 heteroatoms. The minimum atomic E-state index is -3.38. The highest BCUT2D eigenvalue weighted by Gasteiger charge is 2.12. The Hall–Kier alpha value is -0.220. The van der Waals surface area contributed by atoms with Crippen LogP contribution >= 0.6 is 0 Å². The standard InChI is InChI=1S/C7H19N3O4S2/c1-9-15(11,12)7-5-10-16(13,14)6-3-2-4-8/h9-10H,2-8H2,1H3. The van der Waals surface area contributed by atoms with Crippen molar-refractivity contribution in [1.29, 1.82) is 0 Å². The third-order valence-electron chi connectivity index (χ3n) is 1.87. The summed E-state index contributed by atoms with van der Waals surface area (Å²) >= 11 is 0. The fourth-order valence-corrected chi connectivity index (χ4v) is 2.79. The van der Waals surface area contributed by atoms with Crippen molar-refractivity contribution in [3.8, 4) is 0 Å². The largest absolute Gasteiger partial charge is 0.330 e. The van der Waals surface area contributed by atoms with Crippen molar-refractivity contribution in [3.63, 3.8) is 0 Å². The average molecular weight is 273 g/mol. The second-order valence-corrected chi connectivity index (χ2v) is 7.20. The van der Waals surface area contributed by atoms with E-state index in [2.05, 4.69) is 9.44 Å². The Morgan fingerprint density at radius 1 is 1.00 bits per heavy atom. The lowest BCUT2D eigenvalue weighted by molar-refractivity contribution is 0.576. The third-order valence-corrected chi connectivity index (χ3v) is 4.70. The Labute approximate surface area is 96.9 Å². The van der Waals surface area contributed by atoms with Crippen LogP contribution in [0, 0.1) is 0 Å². The minimum Gasteiger partial charge on any atom is -0.330 e. The number of nitrogens with one attached hydrogen (secondary N) is 2. The lowest BCUT2D eigenvalue weighted by atomic mass is 10.3. The van der Waals surface area contributed by atoms with Crippen molar-refractivity contribution in [3.05, 3.63) is 0 Å². The molecule has 0 heterocycles. The summed E-state index contributed by atoms with van der Waals surface area (Å²) in [6, 6.07) is 0. The maximum atomic E-state index is 11.3. The number of rotatable bonds is 9. The maximum absolute atomic E-state index is 11.3. The molecular weight excluding hydrogens is 254 g/mol. The number of hydrogen-bond acceptors (Lipinski definition) is 5. The molecule has 0 amide bonds. The van der Waals surface area contributed by atoms with Gasteiger partial charge in [0.1, 0.15) is 0 Å². The first kappa shape index (κ1) is 15.8. The van der Waals surface area contributed by atoms with Gasteiger partial charge in [-0.05, 0) is 26.4 Å². The Morgan fingerprint density at radius 3 is 2.12 bits per heavy atom. The molecule has 16 heavy (non-hydrogen) atoms. The summed E-state index contributed by atoms with van der Waals surface area (Å²) in [4.78, 5) is 0. The molecule has 0 spiro atoms. The van der Waals surface area contributed by atoms with E-state index in [1.165, 1.54) is 7.05 Å². The normalized spacial score (nSPS) is 12.9. The first-order chi connectivity index (χ1) is 7.33. The van der Waals surface area contributed by atoms with Gasteiger partial charge in [0, 0.05) is 6.54 Å². The van der Waals surface area contributed by atoms with Crippen molar-refractivity contribution in [2.75, 3.05) is 31.6 Å². The van der Waals surface area contributed by atoms with Gasteiger partial charge in [-0.1, -0.05) is 0 Å². The van der Waals surface area contributed by atoms with Crippen molar-refractivity contribution in [1.82, 2.24) is 9.44 Å². The van der Waals surface area contributed by atoms with E-state index in [1.54, 1.807) is 0 Å². The zero-order valence-corrected chi connectivity index (χ0v) is 10.9. The van der Waals surface area contributed by atoms with Gasteiger partial charge in [-0.2, -0.15) is 0 Å². The Bertz CT molecular complexity index is 376. The molecule has 7 nitrogen and oxygen atoms in total. The van der Waals surface area contributed by atoms with Gasteiger partial charge in [0.15, 0.2) is 0 Å². The number of sulfonamides is 2. The quantitative estimate of drug-likeness (QED) is 0.428. The maximum Gasteiger partial charge on any atom is 0.212 e. The Morgan fingerprint density at radius 2 is 1.62 bits per heavy atom. The zero-order chi connectivity index (χ0) is 12.7. The third kappa shape index (κ3) is 7.99. The van der Waals surface area contributed by atoms with E-state index in [-0.39, 0.29) is 18.1 Å². The summed E-state index contributed by atoms with van der Waals surface area (Å²) in [6.07, 6.45) is 1.11. The molecule has 98 valence electrons. The molecule has 0 aromatic rings. The summed E-state index contributed by atoms with van der Waals surface area (Å²) in [6.45, 7) is 0.331. The van der Waals surface area contributed by atoms with Crippen LogP contribution in [0.1, 0.15) is 12.8 Å². The van der Waals surface area contributed by atoms with Crippen molar-refractivity contribution in [2.45, 2.75) is 12.8 Å². The number of hydrogen-bond donors (Lipinski definition) is 3. The smallest absolute Gasteiger partial charge is 0.212 e. The molecule has 0 aromatic carbocycles. The van der Waals surface area contributed by atoms with Gasteiger partial charge < -0.3 is 5.73 Å². The van der Waals surface area contributed by atoms with E-state index in [0.717, 1.165) is 0 Å². The lowest BCUT2D eigenvalue weighted by Crippen LogP contribution is -2.34. The molecule has 0 aliphatic rings. The molecule has 0 rings (SSSR count). The second-order valence-electron chi connectivity index (χ2n) is 3.23. The topological polar surface area (TPSA) is 118 Å². The van der Waals surface area contributed by atoms with E-state index in [4.69, 9.17) is 5.73 Å². The fraction of sp³-hybridized carbons (Fsp3) is 1.00. The molecule has 0 aromatic heterocycles. The van der Waals surface area contributed by atoms with Crippen molar-refractivity contribution >= 4 is 20.0 Å². The highest BCUT2D eigenvalue weighted by Crippen LogP contribution is 1.93. The first-order valence-corrected chi connectivity index (χ1v) is 8.22. The summed E-state index contributed by atoms with van der Waals surface area (Å²) in [5.74, 6) is -0.288. The summed E-state index contributed by atoms with van der Waals surface area (Å²) in [7, 11) is -5.46. The van der Waals surface area contributed by atoms with Gasteiger partial charge in [-0.3, -0.25) is 0 Å². The van der Waals surface area contributed by atoms with Gasteiger partial charge in [0.05, 0.1) is 11.5 Å². The molecule has 0 radical (unpaired) electrons. The van der Waals surface area contributed by atoms with Gasteiger partial charge >= 0.3 is 0 Å². The van der Waals surface area contributed by atoms with Gasteiger partial charge in [0.2, 0.25) is 20.0 Å². The van der Waals surface area contributed by atoms with Crippen LogP contribution in [0.4, 0.5) is 0 Å². The highest BCUT2D eigenvalue weighted by atomic mass is 32.2. The molecule has 0 saturated heterocycles.